The van der Waals surface area contributed by atoms with Crippen LogP contribution in [0.2, 0.25) is 0 Å². The van der Waals surface area contributed by atoms with Crippen molar-refractivity contribution in [3.8, 4) is 11.4 Å². The Morgan fingerprint density at radius 2 is 1.86 bits per heavy atom. The first-order valence-corrected chi connectivity index (χ1v) is 17.2. The van der Waals surface area contributed by atoms with E-state index in [1.807, 2.05) is 61.5 Å². The number of nitrogens with zero attached hydrogens (tertiary/aromatic N) is 9. The zero-order valence-electron chi connectivity index (χ0n) is 29.3. The van der Waals surface area contributed by atoms with Crippen LogP contribution < -0.4 is 15.4 Å². The van der Waals surface area contributed by atoms with Gasteiger partial charge in [0, 0.05) is 18.0 Å². The predicted molar refractivity (Wildman–Crippen MR) is 188 cm³/mol. The number of likely N-dealkylation sites (N-methyl/N-ethyl adjacent to an activating group) is 1. The summed E-state index contributed by atoms with van der Waals surface area (Å²) in [4.78, 5) is 18.1. The van der Waals surface area contributed by atoms with Gasteiger partial charge in [-0.05, 0) is 76.6 Å². The van der Waals surface area contributed by atoms with Gasteiger partial charge in [0.05, 0.1) is 42.9 Å². The molecular weight excluding hydrogens is 618 g/mol. The molecule has 3 atom stereocenters. The van der Waals surface area contributed by atoms with Gasteiger partial charge < -0.3 is 15.0 Å². The number of ether oxygens (including phenoxy) is 1. The van der Waals surface area contributed by atoms with Crippen LogP contribution in [0, 0.1) is 0 Å². The molecule has 0 spiro atoms. The van der Waals surface area contributed by atoms with Crippen molar-refractivity contribution < 1.29 is 9.53 Å². The first-order chi connectivity index (χ1) is 23.5. The Morgan fingerprint density at radius 1 is 1.04 bits per heavy atom. The normalized spacial score (nSPS) is 19.8. The molecule has 2 aliphatic rings. The Balaban J connectivity index is 1.07. The van der Waals surface area contributed by atoms with Crippen molar-refractivity contribution in [3.05, 3.63) is 83.7 Å². The Labute approximate surface area is 287 Å². The molecule has 4 aromatic heterocycles. The maximum absolute atomic E-state index is 13.6. The van der Waals surface area contributed by atoms with Crippen LogP contribution >= 0.6 is 0 Å². The molecule has 1 aromatic carbocycles. The van der Waals surface area contributed by atoms with Gasteiger partial charge in [-0.1, -0.05) is 45.0 Å². The number of amides is 2. The number of carbonyl (C=O) groups excluding carboxylic acids is 1. The van der Waals surface area contributed by atoms with Crippen LogP contribution in [0.5, 0.6) is 5.75 Å². The fourth-order valence-corrected chi connectivity index (χ4v) is 6.84. The second-order valence-corrected chi connectivity index (χ2v) is 14.6. The lowest BCUT2D eigenvalue weighted by Crippen LogP contribution is -2.36. The van der Waals surface area contributed by atoms with Crippen LogP contribution in [0.25, 0.3) is 11.3 Å². The number of carbonyl (C=O) groups is 1. The van der Waals surface area contributed by atoms with E-state index in [1.165, 1.54) is 0 Å². The molecule has 13 heteroatoms. The number of anilines is 1. The van der Waals surface area contributed by atoms with Crippen LogP contribution in [-0.2, 0) is 12.0 Å². The number of nitrogens with one attached hydrogen (secondary N) is 2. The van der Waals surface area contributed by atoms with Gasteiger partial charge >= 0.3 is 6.03 Å². The molecule has 1 aliphatic heterocycles. The topological polar surface area (TPSA) is 123 Å². The maximum atomic E-state index is 13.6. The van der Waals surface area contributed by atoms with E-state index in [0.717, 1.165) is 85.0 Å². The first-order valence-electron chi connectivity index (χ1n) is 17.2. The SMILES string of the molecule is CN(C)CCn1cc(-n2nc(C(C)(C)C)cc2NC(=O)NC2CCC(Oc3ccc4nnc([C@@H]5CCCN5C)n4c3)c3ccccc32)cn1. The third-order valence-corrected chi connectivity index (χ3v) is 9.60. The lowest BCUT2D eigenvalue weighted by Gasteiger charge is -2.32. The minimum absolute atomic E-state index is 0.149. The number of likely N-dealkylation sites (tertiary alicyclic amines) is 1. The van der Waals surface area contributed by atoms with Crippen LogP contribution in [0.15, 0.2) is 61.1 Å². The van der Waals surface area contributed by atoms with Crippen LogP contribution in [0.3, 0.4) is 0 Å². The summed E-state index contributed by atoms with van der Waals surface area (Å²) < 4.78 is 12.4. The summed E-state index contributed by atoms with van der Waals surface area (Å²) >= 11 is 0. The first kappa shape index (κ1) is 32.8. The second kappa shape index (κ2) is 13.3. The summed E-state index contributed by atoms with van der Waals surface area (Å²) in [5, 5.41) is 24.7. The largest absolute Gasteiger partial charge is 0.484 e. The molecule has 5 aromatic rings. The zero-order valence-corrected chi connectivity index (χ0v) is 29.3. The highest BCUT2D eigenvalue weighted by Crippen LogP contribution is 2.39. The average Bonchev–Trinajstić information content (AvgIpc) is 3.87. The van der Waals surface area contributed by atoms with Crippen LogP contribution in [0.1, 0.15) is 87.3 Å². The lowest BCUT2D eigenvalue weighted by atomic mass is 9.85. The number of urea groups is 1. The van der Waals surface area contributed by atoms with E-state index < -0.39 is 0 Å². The van der Waals surface area contributed by atoms with Crippen LogP contribution in [0.4, 0.5) is 10.6 Å². The van der Waals surface area contributed by atoms with Gasteiger partial charge in [0.25, 0.3) is 0 Å². The van der Waals surface area contributed by atoms with Gasteiger partial charge in [0.15, 0.2) is 11.5 Å². The highest BCUT2D eigenvalue weighted by molar-refractivity contribution is 5.89. The average molecular weight is 666 g/mol. The third-order valence-electron chi connectivity index (χ3n) is 9.60. The third kappa shape index (κ3) is 6.90. The van der Waals surface area contributed by atoms with E-state index in [9.17, 15) is 4.79 Å². The van der Waals surface area contributed by atoms with E-state index in [0.29, 0.717) is 5.82 Å². The minimum atomic E-state index is -0.289. The molecule has 0 radical (unpaired) electrons. The van der Waals surface area contributed by atoms with Gasteiger partial charge in [0.1, 0.15) is 23.4 Å². The van der Waals surface area contributed by atoms with E-state index in [-0.39, 0.29) is 29.6 Å². The fraction of sp³-hybridized carbons (Fsp3) is 0.472. The van der Waals surface area contributed by atoms with E-state index in [2.05, 4.69) is 80.1 Å². The predicted octanol–water partition coefficient (Wildman–Crippen LogP) is 5.51. The maximum Gasteiger partial charge on any atom is 0.320 e. The highest BCUT2D eigenvalue weighted by Gasteiger charge is 2.31. The van der Waals surface area contributed by atoms with Crippen molar-refractivity contribution in [1.29, 1.82) is 0 Å². The molecule has 2 amide bonds. The Bertz CT molecular complexity index is 1930. The summed E-state index contributed by atoms with van der Waals surface area (Å²) in [6, 6.07) is 13.9. The number of fused-ring (bicyclic) bond motifs is 2. The number of benzene rings is 1. The van der Waals surface area contributed by atoms with E-state index in [4.69, 9.17) is 9.84 Å². The van der Waals surface area contributed by atoms with Gasteiger partial charge in [0.2, 0.25) is 0 Å². The zero-order chi connectivity index (χ0) is 34.3. The molecular formula is C36H47N11O2. The Hall–Kier alpha value is -4.75. The molecule has 2 N–H and O–H groups in total. The molecule has 1 aliphatic carbocycles. The second-order valence-electron chi connectivity index (χ2n) is 14.6. The lowest BCUT2D eigenvalue weighted by molar-refractivity contribution is 0.171. The Kier molecular flexibility index (Phi) is 8.88. The summed E-state index contributed by atoms with van der Waals surface area (Å²) in [6.07, 6.45) is 9.31. The van der Waals surface area contributed by atoms with Crippen LogP contribution in [-0.4, -0.2) is 84.2 Å². The summed E-state index contributed by atoms with van der Waals surface area (Å²) in [5.41, 5.74) is 4.40. The standard InChI is InChI=1S/C36H47N11O2/c1-36(2,3)31-20-33(47(42-31)24-21-37-45(22-24)19-18-43(4)5)39-35(48)38-28-14-15-30(27-11-8-7-10-26(27)28)49-25-13-16-32-40-41-34(46(32)23-25)29-12-9-17-44(29)6/h7-8,10-11,13,16,20-23,28-30H,9,12,14-15,17-19H2,1-6H3,(H2,38,39,48)/t28?,29-,30?/m0/s1. The van der Waals surface area contributed by atoms with Gasteiger partial charge in [-0.3, -0.25) is 19.3 Å². The highest BCUT2D eigenvalue weighted by atomic mass is 16.5. The fourth-order valence-electron chi connectivity index (χ4n) is 6.84. The van der Waals surface area contributed by atoms with Gasteiger partial charge in [-0.2, -0.15) is 10.2 Å². The summed E-state index contributed by atoms with van der Waals surface area (Å²) in [7, 11) is 6.22. The van der Waals surface area contributed by atoms with Gasteiger partial charge in [-0.15, -0.1) is 10.2 Å². The van der Waals surface area contributed by atoms with Crippen molar-refractivity contribution in [2.75, 3.05) is 39.5 Å². The summed E-state index contributed by atoms with van der Waals surface area (Å²) in [6.45, 7) is 9.01. The quantitative estimate of drug-likeness (QED) is 0.211. The van der Waals surface area contributed by atoms with Crippen molar-refractivity contribution in [3.63, 3.8) is 0 Å². The van der Waals surface area contributed by atoms with E-state index in [1.54, 1.807) is 10.9 Å². The smallest absolute Gasteiger partial charge is 0.320 e. The minimum Gasteiger partial charge on any atom is -0.484 e. The van der Waals surface area contributed by atoms with Gasteiger partial charge in [-0.25, -0.2) is 9.48 Å². The molecule has 258 valence electrons. The Morgan fingerprint density at radius 3 is 2.61 bits per heavy atom. The number of hydrogen-bond donors (Lipinski definition) is 2. The van der Waals surface area contributed by atoms with Crippen molar-refractivity contribution in [2.24, 2.45) is 0 Å². The molecule has 7 rings (SSSR count). The molecule has 1 fully saturated rings. The molecule has 1 saturated heterocycles. The summed E-state index contributed by atoms with van der Waals surface area (Å²) in [5.74, 6) is 2.31. The molecule has 0 bridgehead atoms. The number of rotatable bonds is 9. The monoisotopic (exact) mass is 665 g/mol. The van der Waals surface area contributed by atoms with E-state index >= 15 is 0 Å². The van der Waals surface area contributed by atoms with Crippen molar-refractivity contribution in [2.45, 2.75) is 76.6 Å². The molecule has 2 unspecified atom stereocenters. The number of pyridine rings is 1. The molecule has 0 saturated carbocycles. The number of hydrogen-bond acceptors (Lipinski definition) is 8. The van der Waals surface area contributed by atoms with Crippen molar-refractivity contribution in [1.82, 2.24) is 49.3 Å². The molecule has 5 heterocycles. The van der Waals surface area contributed by atoms with Crippen molar-refractivity contribution >= 4 is 17.5 Å². The number of aromatic nitrogens is 7. The molecule has 49 heavy (non-hydrogen) atoms. The molecule has 13 nitrogen and oxygen atoms in total.